The highest BCUT2D eigenvalue weighted by molar-refractivity contribution is 6.74. The molecule has 5 rings (SSSR count). The molecule has 0 bridgehead atoms. The van der Waals surface area contributed by atoms with Crippen molar-refractivity contribution >= 4 is 19.2 Å². The number of benzene rings is 3. The van der Waals surface area contributed by atoms with E-state index < -0.39 is 8.32 Å². The summed E-state index contributed by atoms with van der Waals surface area (Å²) in [6.45, 7) is 13.2. The molecule has 0 radical (unpaired) electrons. The Hall–Kier alpha value is -3.22. The summed E-state index contributed by atoms with van der Waals surface area (Å²) in [4.78, 5) is 19.1. The third kappa shape index (κ3) is 4.29. The van der Waals surface area contributed by atoms with E-state index in [1.54, 1.807) is 4.68 Å². The van der Waals surface area contributed by atoms with E-state index in [2.05, 4.69) is 87.4 Å². The van der Waals surface area contributed by atoms with Gasteiger partial charge in [-0.25, -0.2) is 9.66 Å². The number of hydrogen-bond acceptors (Lipinski definition) is 4. The van der Waals surface area contributed by atoms with Crippen LogP contribution in [-0.4, -0.2) is 18.0 Å². The van der Waals surface area contributed by atoms with Gasteiger partial charge in [-0.1, -0.05) is 93.6 Å². The topological polar surface area (TPSA) is 47.1 Å². The van der Waals surface area contributed by atoms with Crippen molar-refractivity contribution in [3.63, 3.8) is 0 Å². The summed E-state index contributed by atoms with van der Waals surface area (Å²) < 4.78 is 8.58. The fraction of sp³-hybridized carbons (Fsp3) is 0.333. The lowest BCUT2D eigenvalue weighted by molar-refractivity contribution is 0.187. The maximum atomic E-state index is 14.1. The molecule has 0 saturated carbocycles. The van der Waals surface area contributed by atoms with Gasteiger partial charge >= 0.3 is 0 Å². The fourth-order valence-corrected chi connectivity index (χ4v) is 6.08. The summed E-state index contributed by atoms with van der Waals surface area (Å²) >= 11 is 0. The minimum Gasteiger partial charge on any atom is -0.407 e. The van der Waals surface area contributed by atoms with Gasteiger partial charge in [-0.2, -0.15) is 0 Å². The Bertz CT molecular complexity index is 1380. The molecule has 36 heavy (non-hydrogen) atoms. The van der Waals surface area contributed by atoms with Gasteiger partial charge in [0, 0.05) is 0 Å². The van der Waals surface area contributed by atoms with Crippen LogP contribution in [0.4, 0.5) is 0 Å². The van der Waals surface area contributed by atoms with Gasteiger partial charge in [-0.15, -0.1) is 0 Å². The van der Waals surface area contributed by atoms with Gasteiger partial charge in [0.15, 0.2) is 14.1 Å². The lowest BCUT2D eigenvalue weighted by Gasteiger charge is -2.38. The van der Waals surface area contributed by atoms with Crippen molar-refractivity contribution in [2.45, 2.75) is 64.0 Å². The summed E-state index contributed by atoms with van der Waals surface area (Å²) in [7, 11) is -2.11. The minimum atomic E-state index is -2.11. The lowest BCUT2D eigenvalue weighted by atomic mass is 10.0. The molecule has 0 unspecified atom stereocenters. The predicted octanol–water partition coefficient (Wildman–Crippen LogP) is 6.91. The monoisotopic (exact) mass is 497 g/mol. The van der Waals surface area contributed by atoms with Crippen molar-refractivity contribution in [3.05, 3.63) is 112 Å². The standard InChI is InChI=1S/C30H35N3O2Si/c1-21(35-36(5,6)30(2,3)4)28-31-25-20-14-13-19-24(25)29(34)33(28)32-26(22-15-9-7-10-16-22)27(32)23-17-11-8-12-18-23/h7-21,26-27H,1-6H3/t21-,26-,27+,32?/m0/s1. The van der Waals surface area contributed by atoms with E-state index in [-0.39, 0.29) is 28.8 Å². The van der Waals surface area contributed by atoms with E-state index in [4.69, 9.17) is 9.41 Å². The van der Waals surface area contributed by atoms with E-state index in [1.807, 2.05) is 43.3 Å². The molecule has 3 atom stereocenters. The summed E-state index contributed by atoms with van der Waals surface area (Å²) in [5.74, 6) is 0.655. The number of nitrogens with zero attached hydrogens (tertiary/aromatic N) is 3. The van der Waals surface area contributed by atoms with E-state index in [1.165, 1.54) is 11.1 Å². The molecule has 0 spiro atoms. The van der Waals surface area contributed by atoms with E-state index in [0.717, 1.165) is 0 Å². The SMILES string of the molecule is C[C@H](O[Si](C)(C)C(C)(C)C)c1nc2ccccc2c(=O)n1N1[C@H](c2ccccc2)[C@@H]1c1ccccc1. The first-order valence-corrected chi connectivity index (χ1v) is 15.6. The quantitative estimate of drug-likeness (QED) is 0.214. The van der Waals surface area contributed by atoms with Crippen LogP contribution in [0.3, 0.4) is 0 Å². The van der Waals surface area contributed by atoms with Crippen LogP contribution in [0, 0.1) is 0 Å². The Morgan fingerprint density at radius 2 is 1.33 bits per heavy atom. The summed E-state index contributed by atoms with van der Waals surface area (Å²) in [6, 6.07) is 28.5. The number of hydrogen-bond donors (Lipinski definition) is 0. The van der Waals surface area contributed by atoms with Crippen LogP contribution in [0.5, 0.6) is 0 Å². The second kappa shape index (κ2) is 9.02. The highest BCUT2D eigenvalue weighted by Gasteiger charge is 2.52. The van der Waals surface area contributed by atoms with Gasteiger partial charge in [-0.3, -0.25) is 9.80 Å². The maximum Gasteiger partial charge on any atom is 0.280 e. The van der Waals surface area contributed by atoms with Gasteiger partial charge in [-0.05, 0) is 48.3 Å². The van der Waals surface area contributed by atoms with Gasteiger partial charge in [0.05, 0.1) is 23.0 Å². The molecule has 0 amide bonds. The van der Waals surface area contributed by atoms with Gasteiger partial charge in [0.2, 0.25) is 0 Å². The zero-order chi connectivity index (χ0) is 25.7. The molecule has 6 heteroatoms. The van der Waals surface area contributed by atoms with Crippen molar-refractivity contribution in [1.82, 2.24) is 9.66 Å². The number of fused-ring (bicyclic) bond motifs is 1. The van der Waals surface area contributed by atoms with Crippen molar-refractivity contribution in [3.8, 4) is 0 Å². The van der Waals surface area contributed by atoms with E-state index >= 15 is 0 Å². The lowest BCUT2D eigenvalue weighted by Crippen LogP contribution is -2.43. The number of rotatable bonds is 6. The third-order valence-electron chi connectivity index (χ3n) is 7.71. The molecule has 3 aromatic carbocycles. The van der Waals surface area contributed by atoms with E-state index in [9.17, 15) is 4.79 Å². The van der Waals surface area contributed by atoms with E-state index in [0.29, 0.717) is 16.7 Å². The predicted molar refractivity (Wildman–Crippen MR) is 149 cm³/mol. The highest BCUT2D eigenvalue weighted by Crippen LogP contribution is 2.52. The Morgan fingerprint density at radius 1 is 0.833 bits per heavy atom. The van der Waals surface area contributed by atoms with Crippen LogP contribution >= 0.6 is 0 Å². The minimum absolute atomic E-state index is 0.0353. The first kappa shape index (κ1) is 24.5. The van der Waals surface area contributed by atoms with Crippen LogP contribution in [0.2, 0.25) is 18.1 Å². The second-order valence-electron chi connectivity index (χ2n) is 11.2. The smallest absolute Gasteiger partial charge is 0.280 e. The number of para-hydroxylation sites is 1. The largest absolute Gasteiger partial charge is 0.407 e. The second-order valence-corrected chi connectivity index (χ2v) is 16.0. The number of aromatic nitrogens is 2. The summed E-state index contributed by atoms with van der Waals surface area (Å²) in [5.41, 5.74) is 3.00. The molecular formula is C30H35N3O2Si. The zero-order valence-corrected chi connectivity index (χ0v) is 23.0. The molecule has 1 saturated heterocycles. The average molecular weight is 498 g/mol. The molecule has 1 aliphatic heterocycles. The van der Waals surface area contributed by atoms with Crippen molar-refractivity contribution < 1.29 is 4.43 Å². The molecule has 186 valence electrons. The fourth-order valence-electron chi connectivity index (χ4n) is 4.74. The molecule has 1 fully saturated rings. The van der Waals surface area contributed by atoms with Gasteiger partial charge in [0.1, 0.15) is 6.10 Å². The van der Waals surface area contributed by atoms with Gasteiger partial charge < -0.3 is 4.43 Å². The van der Waals surface area contributed by atoms with Crippen molar-refractivity contribution in [1.29, 1.82) is 0 Å². The normalized spacial score (nSPS) is 18.9. The molecule has 0 aliphatic carbocycles. The maximum absolute atomic E-state index is 14.1. The molecular weight excluding hydrogens is 462 g/mol. The van der Waals surface area contributed by atoms with Crippen LogP contribution in [0.1, 0.15) is 62.8 Å². The van der Waals surface area contributed by atoms with Crippen LogP contribution in [0.25, 0.3) is 10.9 Å². The third-order valence-corrected chi connectivity index (χ3v) is 12.3. The molecule has 0 N–H and O–H groups in total. The molecule has 5 nitrogen and oxygen atoms in total. The highest BCUT2D eigenvalue weighted by atomic mass is 28.4. The Kier molecular flexibility index (Phi) is 6.13. The van der Waals surface area contributed by atoms with Crippen LogP contribution in [0.15, 0.2) is 89.7 Å². The van der Waals surface area contributed by atoms with Gasteiger partial charge in [0.25, 0.3) is 5.56 Å². The van der Waals surface area contributed by atoms with Crippen molar-refractivity contribution in [2.75, 3.05) is 5.01 Å². The molecule has 1 aromatic heterocycles. The molecule has 4 aromatic rings. The first-order chi connectivity index (χ1) is 17.1. The summed E-state index contributed by atoms with van der Waals surface area (Å²) in [5, 5.41) is 2.83. The van der Waals surface area contributed by atoms with Crippen molar-refractivity contribution in [2.24, 2.45) is 0 Å². The molecule has 1 aliphatic rings. The molecule has 2 heterocycles. The summed E-state index contributed by atoms with van der Waals surface area (Å²) in [6.07, 6.45) is -0.336. The first-order valence-electron chi connectivity index (χ1n) is 12.7. The van der Waals surface area contributed by atoms with Crippen LogP contribution in [-0.2, 0) is 4.43 Å². The Balaban J connectivity index is 1.68. The average Bonchev–Trinajstić information content (AvgIpc) is 3.59. The Labute approximate surface area is 214 Å². The Morgan fingerprint density at radius 3 is 1.86 bits per heavy atom. The zero-order valence-electron chi connectivity index (χ0n) is 22.0. The van der Waals surface area contributed by atoms with Crippen LogP contribution < -0.4 is 10.6 Å².